The molecule has 0 fully saturated rings. The summed E-state index contributed by atoms with van der Waals surface area (Å²) < 4.78 is 31.9. The van der Waals surface area contributed by atoms with Crippen LogP contribution in [0.15, 0.2) is 33.6 Å². The van der Waals surface area contributed by atoms with Crippen molar-refractivity contribution >= 4 is 10.0 Å². The summed E-state index contributed by atoms with van der Waals surface area (Å²) in [7, 11) is -3.49. The zero-order valence-electron chi connectivity index (χ0n) is 12.4. The van der Waals surface area contributed by atoms with E-state index in [0.29, 0.717) is 36.9 Å². The van der Waals surface area contributed by atoms with Crippen LogP contribution in [0.2, 0.25) is 0 Å². The highest BCUT2D eigenvalue weighted by molar-refractivity contribution is 7.89. The van der Waals surface area contributed by atoms with E-state index in [0.717, 1.165) is 0 Å². The average Bonchev–Trinajstić information content (AvgIpc) is 2.97. The number of hydrogen-bond donors (Lipinski definition) is 0. The molecule has 0 radical (unpaired) electrons. The molecule has 0 spiro atoms. The molecule has 0 atom stereocenters. The zero-order chi connectivity index (χ0) is 15.5. The summed E-state index contributed by atoms with van der Waals surface area (Å²) in [4.78, 5) is 0.236. The smallest absolute Gasteiger partial charge is 0.247 e. The van der Waals surface area contributed by atoms with E-state index < -0.39 is 10.0 Å². The van der Waals surface area contributed by atoms with E-state index in [9.17, 15) is 8.42 Å². The quantitative estimate of drug-likeness (QED) is 0.818. The van der Waals surface area contributed by atoms with Gasteiger partial charge in [0, 0.05) is 25.1 Å². The van der Waals surface area contributed by atoms with Crippen molar-refractivity contribution in [2.45, 2.75) is 32.1 Å². The summed E-state index contributed by atoms with van der Waals surface area (Å²) in [5, 5.41) is 7.83. The Morgan fingerprint density at radius 3 is 2.43 bits per heavy atom. The molecular formula is C14H19N3O3S. The molecule has 1 aromatic heterocycles. The summed E-state index contributed by atoms with van der Waals surface area (Å²) in [5.41, 5.74) is 0.607. The second-order valence-corrected chi connectivity index (χ2v) is 6.41. The van der Waals surface area contributed by atoms with Crippen LogP contribution < -0.4 is 0 Å². The first-order valence-corrected chi connectivity index (χ1v) is 8.39. The van der Waals surface area contributed by atoms with Crippen LogP contribution in [0.4, 0.5) is 0 Å². The van der Waals surface area contributed by atoms with Gasteiger partial charge in [-0.2, -0.15) is 4.31 Å². The lowest BCUT2D eigenvalue weighted by atomic mass is 10.2. The summed E-state index contributed by atoms with van der Waals surface area (Å²) in [5.74, 6) is 0.866. The van der Waals surface area contributed by atoms with Crippen LogP contribution in [-0.2, 0) is 16.4 Å². The van der Waals surface area contributed by atoms with Crippen LogP contribution in [-0.4, -0.2) is 36.0 Å². The first-order valence-electron chi connectivity index (χ1n) is 6.95. The molecule has 6 nitrogen and oxygen atoms in total. The molecular weight excluding hydrogens is 290 g/mol. The van der Waals surface area contributed by atoms with Crippen molar-refractivity contribution in [3.05, 3.63) is 30.2 Å². The first-order chi connectivity index (χ1) is 10.0. The molecule has 0 N–H and O–H groups in total. The van der Waals surface area contributed by atoms with Crippen LogP contribution in [0.25, 0.3) is 11.5 Å². The fourth-order valence-corrected chi connectivity index (χ4v) is 3.52. The molecule has 0 unspecified atom stereocenters. The van der Waals surface area contributed by atoms with Gasteiger partial charge in [0.1, 0.15) is 0 Å². The fraction of sp³-hybridized carbons (Fsp3) is 0.429. The minimum atomic E-state index is -3.49. The molecule has 2 aromatic rings. The average molecular weight is 309 g/mol. The van der Waals surface area contributed by atoms with Gasteiger partial charge in [-0.3, -0.25) is 0 Å². The lowest BCUT2D eigenvalue weighted by Crippen LogP contribution is -2.30. The van der Waals surface area contributed by atoms with Gasteiger partial charge in [0.25, 0.3) is 0 Å². The second-order valence-electron chi connectivity index (χ2n) is 4.47. The summed E-state index contributed by atoms with van der Waals surface area (Å²) in [6, 6.07) is 6.59. The highest BCUT2D eigenvalue weighted by Gasteiger charge is 2.22. The van der Waals surface area contributed by atoms with Crippen molar-refractivity contribution < 1.29 is 12.8 Å². The van der Waals surface area contributed by atoms with Gasteiger partial charge in [0.05, 0.1) is 4.90 Å². The SMILES string of the molecule is CCc1nnc(-c2cccc(S(=O)(=O)N(CC)CC)c2)o1. The number of sulfonamides is 1. The van der Waals surface area contributed by atoms with E-state index in [1.807, 2.05) is 20.8 Å². The molecule has 0 aliphatic heterocycles. The highest BCUT2D eigenvalue weighted by Crippen LogP contribution is 2.23. The van der Waals surface area contributed by atoms with Crippen molar-refractivity contribution in [3.63, 3.8) is 0 Å². The molecule has 0 amide bonds. The number of rotatable bonds is 6. The monoisotopic (exact) mass is 309 g/mol. The van der Waals surface area contributed by atoms with Gasteiger partial charge in [0.15, 0.2) is 0 Å². The molecule has 1 heterocycles. The van der Waals surface area contributed by atoms with E-state index in [1.165, 1.54) is 4.31 Å². The summed E-state index contributed by atoms with van der Waals surface area (Å²) >= 11 is 0. The van der Waals surface area contributed by atoms with Crippen molar-refractivity contribution in [1.29, 1.82) is 0 Å². The summed E-state index contributed by atoms with van der Waals surface area (Å²) in [6.07, 6.45) is 0.643. The van der Waals surface area contributed by atoms with Gasteiger partial charge in [-0.05, 0) is 18.2 Å². The van der Waals surface area contributed by atoms with Gasteiger partial charge >= 0.3 is 0 Å². The van der Waals surface area contributed by atoms with Crippen molar-refractivity contribution in [1.82, 2.24) is 14.5 Å². The standard InChI is InChI=1S/C14H19N3O3S/c1-4-13-15-16-14(20-13)11-8-7-9-12(10-11)21(18,19)17(5-2)6-3/h7-10H,4-6H2,1-3H3. The topological polar surface area (TPSA) is 76.3 Å². The van der Waals surface area contributed by atoms with Crippen LogP contribution in [0.1, 0.15) is 26.7 Å². The van der Waals surface area contributed by atoms with Gasteiger partial charge < -0.3 is 4.42 Å². The Balaban J connectivity index is 2.42. The predicted octanol–water partition coefficient (Wildman–Crippen LogP) is 2.33. The zero-order valence-corrected chi connectivity index (χ0v) is 13.2. The Labute approximate surface area is 124 Å². The van der Waals surface area contributed by atoms with E-state index in [4.69, 9.17) is 4.42 Å². The first kappa shape index (κ1) is 15.7. The number of nitrogens with zero attached hydrogens (tertiary/aromatic N) is 3. The van der Waals surface area contributed by atoms with Gasteiger partial charge in [-0.1, -0.05) is 26.8 Å². The maximum absolute atomic E-state index is 12.5. The maximum Gasteiger partial charge on any atom is 0.247 e. The number of aromatic nitrogens is 2. The predicted molar refractivity (Wildman–Crippen MR) is 79.2 cm³/mol. The molecule has 7 heteroatoms. The van der Waals surface area contributed by atoms with Crippen LogP contribution in [0.5, 0.6) is 0 Å². The molecule has 0 saturated carbocycles. The Bertz CT molecular complexity index is 706. The molecule has 0 aliphatic rings. The Morgan fingerprint density at radius 1 is 1.14 bits per heavy atom. The minimum absolute atomic E-state index is 0.236. The molecule has 0 saturated heterocycles. The Hall–Kier alpha value is -1.73. The number of aryl methyl sites for hydroxylation is 1. The van der Waals surface area contributed by atoms with Crippen LogP contribution in [0.3, 0.4) is 0 Å². The van der Waals surface area contributed by atoms with E-state index in [2.05, 4.69) is 10.2 Å². The summed E-state index contributed by atoms with van der Waals surface area (Å²) in [6.45, 7) is 6.42. The fourth-order valence-electron chi connectivity index (χ4n) is 2.02. The van der Waals surface area contributed by atoms with Crippen molar-refractivity contribution in [3.8, 4) is 11.5 Å². The van der Waals surface area contributed by atoms with Gasteiger partial charge in [-0.25, -0.2) is 8.42 Å². The van der Waals surface area contributed by atoms with Crippen LogP contribution >= 0.6 is 0 Å². The van der Waals surface area contributed by atoms with Crippen molar-refractivity contribution in [2.75, 3.05) is 13.1 Å². The number of benzene rings is 1. The molecule has 114 valence electrons. The third-order valence-electron chi connectivity index (χ3n) is 3.19. The van der Waals surface area contributed by atoms with E-state index >= 15 is 0 Å². The molecule has 0 bridgehead atoms. The molecule has 2 rings (SSSR count). The van der Waals surface area contributed by atoms with E-state index in [-0.39, 0.29) is 4.90 Å². The van der Waals surface area contributed by atoms with Crippen molar-refractivity contribution in [2.24, 2.45) is 0 Å². The number of hydrogen-bond acceptors (Lipinski definition) is 5. The normalized spacial score (nSPS) is 12.0. The maximum atomic E-state index is 12.5. The van der Waals surface area contributed by atoms with Crippen LogP contribution in [0, 0.1) is 0 Å². The Morgan fingerprint density at radius 2 is 1.86 bits per heavy atom. The lowest BCUT2D eigenvalue weighted by molar-refractivity contribution is 0.445. The third kappa shape index (κ3) is 3.14. The second kappa shape index (κ2) is 6.36. The molecule has 1 aromatic carbocycles. The molecule has 0 aliphatic carbocycles. The highest BCUT2D eigenvalue weighted by atomic mass is 32.2. The van der Waals surface area contributed by atoms with Gasteiger partial charge in [0.2, 0.25) is 21.8 Å². The van der Waals surface area contributed by atoms with Gasteiger partial charge in [-0.15, -0.1) is 10.2 Å². The largest absolute Gasteiger partial charge is 0.421 e. The lowest BCUT2D eigenvalue weighted by Gasteiger charge is -2.18. The Kier molecular flexibility index (Phi) is 4.74. The minimum Gasteiger partial charge on any atom is -0.421 e. The van der Waals surface area contributed by atoms with E-state index in [1.54, 1.807) is 24.3 Å². The molecule has 21 heavy (non-hydrogen) atoms. The third-order valence-corrected chi connectivity index (χ3v) is 5.24.